The van der Waals surface area contributed by atoms with Gasteiger partial charge >= 0.3 is 6.03 Å². The molecule has 3 rings (SSSR count). The van der Waals surface area contributed by atoms with Crippen LogP contribution in [0.25, 0.3) is 0 Å². The van der Waals surface area contributed by atoms with E-state index in [1.165, 1.54) is 19.8 Å². The number of hydrogen-bond acceptors (Lipinski definition) is 2. The number of carbonyl (C=O) groups excluding carboxylic acids is 1. The fourth-order valence-electron chi connectivity index (χ4n) is 2.33. The summed E-state index contributed by atoms with van der Waals surface area (Å²) in [6, 6.07) is 8.35. The highest BCUT2D eigenvalue weighted by atomic mass is 79.9. The van der Waals surface area contributed by atoms with Crippen LogP contribution in [0, 0.1) is 6.92 Å². The van der Waals surface area contributed by atoms with Gasteiger partial charge in [-0.25, -0.2) is 4.79 Å². The Bertz CT molecular complexity index is 694. The minimum absolute atomic E-state index is 0.0524. The van der Waals surface area contributed by atoms with Crippen LogP contribution in [0.1, 0.15) is 26.4 Å². The van der Waals surface area contributed by atoms with Crippen LogP contribution in [0.3, 0.4) is 0 Å². The zero-order chi connectivity index (χ0) is 15.1. The van der Waals surface area contributed by atoms with Gasteiger partial charge in [-0.05, 0) is 51.7 Å². The molecule has 0 spiro atoms. The second-order valence-corrected chi connectivity index (χ2v) is 8.49. The van der Waals surface area contributed by atoms with Gasteiger partial charge in [-0.1, -0.05) is 28.1 Å². The van der Waals surface area contributed by atoms with E-state index in [-0.39, 0.29) is 10.9 Å². The van der Waals surface area contributed by atoms with Crippen LogP contribution in [0.15, 0.2) is 28.1 Å². The van der Waals surface area contributed by atoms with E-state index >= 15 is 0 Å². The lowest BCUT2D eigenvalue weighted by Crippen LogP contribution is -2.35. The number of alkyl halides is 1. The summed E-state index contributed by atoms with van der Waals surface area (Å²) in [7, 11) is 1.80. The zero-order valence-electron chi connectivity index (χ0n) is 11.6. The standard InChI is InChI=1S/C15H14Br2N2OS/c1-8-5-12(21-14(8)17)13(16)9-3-4-11-10(6-9)7-19(2)15(20)18-11/h3-6,13H,7H2,1-2H3,(H,18,20). The molecule has 110 valence electrons. The molecule has 1 aromatic carbocycles. The van der Waals surface area contributed by atoms with Gasteiger partial charge in [0, 0.05) is 24.2 Å². The number of carbonyl (C=O) groups is 1. The highest BCUT2D eigenvalue weighted by molar-refractivity contribution is 9.11. The molecule has 1 aromatic heterocycles. The van der Waals surface area contributed by atoms with Gasteiger partial charge in [0.05, 0.1) is 8.61 Å². The lowest BCUT2D eigenvalue weighted by Gasteiger charge is -2.26. The number of rotatable bonds is 2. The van der Waals surface area contributed by atoms with Crippen LogP contribution in [0.5, 0.6) is 0 Å². The van der Waals surface area contributed by atoms with Crippen molar-refractivity contribution in [1.29, 1.82) is 0 Å². The Labute approximate surface area is 144 Å². The van der Waals surface area contributed by atoms with Gasteiger partial charge in [0.15, 0.2) is 0 Å². The van der Waals surface area contributed by atoms with Gasteiger partial charge in [-0.2, -0.15) is 0 Å². The Hall–Kier alpha value is -0.850. The largest absolute Gasteiger partial charge is 0.323 e. The molecule has 6 heteroatoms. The Morgan fingerprint density at radius 3 is 2.81 bits per heavy atom. The fourth-order valence-corrected chi connectivity index (χ4v) is 4.61. The van der Waals surface area contributed by atoms with Crippen molar-refractivity contribution in [3.63, 3.8) is 0 Å². The molecule has 1 atom stereocenters. The molecule has 0 saturated carbocycles. The van der Waals surface area contributed by atoms with Crippen LogP contribution in [-0.2, 0) is 6.54 Å². The lowest BCUT2D eigenvalue weighted by atomic mass is 10.0. The molecule has 2 amide bonds. The summed E-state index contributed by atoms with van der Waals surface area (Å²) in [5.74, 6) is 0. The number of halogens is 2. The highest BCUT2D eigenvalue weighted by Gasteiger charge is 2.21. The first kappa shape index (κ1) is 15.1. The third kappa shape index (κ3) is 2.89. The topological polar surface area (TPSA) is 32.3 Å². The van der Waals surface area contributed by atoms with Crippen molar-refractivity contribution in [2.24, 2.45) is 0 Å². The molecule has 0 saturated heterocycles. The molecular weight excluding hydrogens is 416 g/mol. The molecule has 1 aliphatic rings. The van der Waals surface area contributed by atoms with Crippen LogP contribution >= 0.6 is 43.2 Å². The van der Waals surface area contributed by atoms with Crippen molar-refractivity contribution in [3.8, 4) is 0 Å². The Morgan fingerprint density at radius 2 is 2.14 bits per heavy atom. The monoisotopic (exact) mass is 428 g/mol. The number of urea groups is 1. The van der Waals surface area contributed by atoms with E-state index in [0.717, 1.165) is 11.3 Å². The average molecular weight is 430 g/mol. The molecule has 0 bridgehead atoms. The predicted molar refractivity (Wildman–Crippen MR) is 94.5 cm³/mol. The Balaban J connectivity index is 1.93. The number of benzene rings is 1. The number of aryl methyl sites for hydroxylation is 1. The normalized spacial score (nSPS) is 15.6. The van der Waals surface area contributed by atoms with Crippen molar-refractivity contribution in [3.05, 3.63) is 49.6 Å². The van der Waals surface area contributed by atoms with Crippen molar-refractivity contribution in [2.75, 3.05) is 12.4 Å². The van der Waals surface area contributed by atoms with E-state index < -0.39 is 0 Å². The van der Waals surface area contributed by atoms with Gasteiger partial charge in [-0.3, -0.25) is 0 Å². The van der Waals surface area contributed by atoms with Crippen LogP contribution in [0.4, 0.5) is 10.5 Å². The lowest BCUT2D eigenvalue weighted by molar-refractivity contribution is 0.218. The zero-order valence-corrected chi connectivity index (χ0v) is 15.6. The highest BCUT2D eigenvalue weighted by Crippen LogP contribution is 2.40. The van der Waals surface area contributed by atoms with Gasteiger partial charge in [0.25, 0.3) is 0 Å². The van der Waals surface area contributed by atoms with Crippen molar-refractivity contribution in [1.82, 2.24) is 4.90 Å². The maximum atomic E-state index is 11.6. The molecular formula is C15H14Br2N2OS. The maximum absolute atomic E-state index is 11.6. The molecule has 1 aliphatic heterocycles. The average Bonchev–Trinajstić information content (AvgIpc) is 2.79. The summed E-state index contributed by atoms with van der Waals surface area (Å²) in [4.78, 5) is 14.8. The molecule has 1 unspecified atom stereocenters. The Morgan fingerprint density at radius 1 is 1.38 bits per heavy atom. The fraction of sp³-hybridized carbons (Fsp3) is 0.267. The number of hydrogen-bond donors (Lipinski definition) is 1. The van der Waals surface area contributed by atoms with Crippen molar-refractivity contribution < 1.29 is 4.79 Å². The van der Waals surface area contributed by atoms with E-state index in [1.54, 1.807) is 23.3 Å². The third-order valence-electron chi connectivity index (χ3n) is 3.54. The second kappa shape index (κ2) is 5.74. The molecule has 2 heterocycles. The molecule has 0 fully saturated rings. The smallest absolute Gasteiger partial charge is 0.321 e. The summed E-state index contributed by atoms with van der Waals surface area (Å²) in [5, 5.41) is 2.90. The van der Waals surface area contributed by atoms with Crippen LogP contribution < -0.4 is 5.32 Å². The number of nitrogens with one attached hydrogen (secondary N) is 1. The van der Waals surface area contributed by atoms with Crippen LogP contribution in [0.2, 0.25) is 0 Å². The number of thiophene rings is 1. The Kier molecular flexibility index (Phi) is 4.12. The number of anilines is 1. The van der Waals surface area contributed by atoms with Crippen molar-refractivity contribution in [2.45, 2.75) is 18.3 Å². The first-order valence-electron chi connectivity index (χ1n) is 6.50. The molecule has 3 nitrogen and oxygen atoms in total. The summed E-state index contributed by atoms with van der Waals surface area (Å²) >= 11 is 9.11. The van der Waals surface area contributed by atoms with Crippen molar-refractivity contribution >= 4 is 54.9 Å². The van der Waals surface area contributed by atoms with Gasteiger partial charge in [0.1, 0.15) is 0 Å². The molecule has 21 heavy (non-hydrogen) atoms. The first-order chi connectivity index (χ1) is 9.95. The van der Waals surface area contributed by atoms with Crippen LogP contribution in [-0.4, -0.2) is 18.0 Å². The molecule has 0 radical (unpaired) electrons. The van der Waals surface area contributed by atoms with E-state index in [0.29, 0.717) is 6.54 Å². The third-order valence-corrected chi connectivity index (χ3v) is 7.07. The van der Waals surface area contributed by atoms with E-state index in [4.69, 9.17) is 0 Å². The van der Waals surface area contributed by atoms with Gasteiger partial charge in [0.2, 0.25) is 0 Å². The minimum Gasteiger partial charge on any atom is -0.323 e. The van der Waals surface area contributed by atoms with E-state index in [1.807, 2.05) is 6.07 Å². The minimum atomic E-state index is -0.0524. The number of amides is 2. The quantitative estimate of drug-likeness (QED) is 0.647. The van der Waals surface area contributed by atoms with Gasteiger partial charge in [-0.15, -0.1) is 11.3 Å². The SMILES string of the molecule is Cc1cc(C(Br)c2ccc3c(c2)CN(C)C(=O)N3)sc1Br. The predicted octanol–water partition coefficient (Wildman–Crippen LogP) is 5.28. The van der Waals surface area contributed by atoms with E-state index in [2.05, 4.69) is 62.3 Å². The maximum Gasteiger partial charge on any atom is 0.321 e. The summed E-state index contributed by atoms with van der Waals surface area (Å²) in [6.07, 6.45) is 0. The summed E-state index contributed by atoms with van der Waals surface area (Å²) in [6.45, 7) is 2.74. The molecule has 0 aliphatic carbocycles. The number of nitrogens with zero attached hydrogens (tertiary/aromatic N) is 1. The summed E-state index contributed by atoms with van der Waals surface area (Å²) < 4.78 is 1.17. The molecule has 1 N–H and O–H groups in total. The molecule has 2 aromatic rings. The number of fused-ring (bicyclic) bond motifs is 1. The van der Waals surface area contributed by atoms with E-state index in [9.17, 15) is 4.79 Å². The first-order valence-corrected chi connectivity index (χ1v) is 9.03. The summed E-state index contributed by atoms with van der Waals surface area (Å²) in [5.41, 5.74) is 4.51. The second-order valence-electron chi connectivity index (χ2n) is 5.17. The van der Waals surface area contributed by atoms with Gasteiger partial charge < -0.3 is 10.2 Å².